The second kappa shape index (κ2) is 12.7. The van der Waals surface area contributed by atoms with Gasteiger partial charge >= 0.3 is 5.97 Å². The molecule has 0 saturated heterocycles. The number of esters is 1. The molecule has 0 aromatic heterocycles. The van der Waals surface area contributed by atoms with Crippen molar-refractivity contribution >= 4 is 27.6 Å². The molecule has 3 rings (SSSR count). The van der Waals surface area contributed by atoms with Crippen LogP contribution in [0, 0.1) is 20.8 Å². The van der Waals surface area contributed by atoms with E-state index in [9.17, 15) is 18.0 Å². The third-order valence-corrected chi connectivity index (χ3v) is 7.67. The molecule has 0 aliphatic heterocycles. The third-order valence-electron chi connectivity index (χ3n) is 5.89. The van der Waals surface area contributed by atoms with Crippen LogP contribution in [0.4, 0.5) is 5.69 Å². The topological polar surface area (TPSA) is 102 Å². The van der Waals surface area contributed by atoms with Gasteiger partial charge in [-0.2, -0.15) is 4.72 Å². The van der Waals surface area contributed by atoms with Gasteiger partial charge in [0.05, 0.1) is 17.1 Å². The minimum atomic E-state index is -4.00. The Morgan fingerprint density at radius 1 is 0.919 bits per heavy atom. The van der Waals surface area contributed by atoms with Crippen LogP contribution in [0.3, 0.4) is 0 Å². The molecule has 0 spiro atoms. The summed E-state index contributed by atoms with van der Waals surface area (Å²) in [6.45, 7) is 7.77. The number of rotatable bonds is 11. The van der Waals surface area contributed by atoms with Gasteiger partial charge in [0.2, 0.25) is 15.9 Å². The van der Waals surface area contributed by atoms with Crippen molar-refractivity contribution in [3.05, 3.63) is 94.5 Å². The summed E-state index contributed by atoms with van der Waals surface area (Å²) in [6.07, 6.45) is 1.88. The molecule has 0 radical (unpaired) electrons. The highest BCUT2D eigenvalue weighted by molar-refractivity contribution is 7.89. The highest BCUT2D eigenvalue weighted by Gasteiger charge is 2.28. The molecule has 0 heterocycles. The van der Waals surface area contributed by atoms with Crippen LogP contribution in [0.15, 0.2) is 71.6 Å². The molecule has 1 atom stereocenters. The van der Waals surface area contributed by atoms with Crippen LogP contribution in [-0.2, 0) is 26.0 Å². The fourth-order valence-corrected chi connectivity index (χ4v) is 5.83. The molecule has 196 valence electrons. The smallest absolute Gasteiger partial charge is 0.338 e. The van der Waals surface area contributed by atoms with Gasteiger partial charge in [-0.3, -0.25) is 4.79 Å². The Bertz CT molecular complexity index is 1310. The van der Waals surface area contributed by atoms with Crippen LogP contribution >= 0.6 is 0 Å². The lowest BCUT2D eigenvalue weighted by Crippen LogP contribution is -2.45. The van der Waals surface area contributed by atoms with E-state index in [1.807, 2.05) is 56.3 Å². The number of hydrogen-bond donors (Lipinski definition) is 2. The van der Waals surface area contributed by atoms with E-state index in [1.54, 1.807) is 38.1 Å². The minimum Gasteiger partial charge on any atom is -0.462 e. The molecule has 0 fully saturated rings. The third kappa shape index (κ3) is 7.74. The maximum absolute atomic E-state index is 13.4. The van der Waals surface area contributed by atoms with Crippen LogP contribution in [0.25, 0.3) is 0 Å². The van der Waals surface area contributed by atoms with E-state index in [0.717, 1.165) is 24.0 Å². The minimum absolute atomic E-state index is 0.164. The normalized spacial score (nSPS) is 12.1. The summed E-state index contributed by atoms with van der Waals surface area (Å²) < 4.78 is 34.7. The molecular formula is C29H34N2O5S. The van der Waals surface area contributed by atoms with E-state index in [2.05, 4.69) is 10.0 Å². The number of aryl methyl sites for hydroxylation is 3. The van der Waals surface area contributed by atoms with Gasteiger partial charge in [-0.25, -0.2) is 13.2 Å². The summed E-state index contributed by atoms with van der Waals surface area (Å²) in [6, 6.07) is 18.1. The Balaban J connectivity index is 1.81. The Labute approximate surface area is 219 Å². The molecule has 0 unspecified atom stereocenters. The van der Waals surface area contributed by atoms with Gasteiger partial charge < -0.3 is 10.1 Å². The summed E-state index contributed by atoms with van der Waals surface area (Å²) in [4.78, 5) is 25.6. The molecule has 1 amide bonds. The summed E-state index contributed by atoms with van der Waals surface area (Å²) in [5, 5.41) is 2.78. The molecule has 0 aliphatic carbocycles. The van der Waals surface area contributed by atoms with Crippen molar-refractivity contribution in [3.63, 3.8) is 0 Å². The van der Waals surface area contributed by atoms with Crippen LogP contribution in [0.5, 0.6) is 0 Å². The summed E-state index contributed by atoms with van der Waals surface area (Å²) in [5.41, 5.74) is 3.82. The lowest BCUT2D eigenvalue weighted by Gasteiger charge is -2.21. The standard InChI is InChI=1S/C29H34N2O5S/c1-5-6-16-36-29(33)24-12-14-25(15-13-24)30-28(32)26(19-23-10-8-7-9-11-23)31-37(34,35)27-21(3)17-20(2)18-22(27)4/h7-15,17-18,26,31H,5-6,16,19H2,1-4H3,(H,30,32)/t26-/m1/s1. The Morgan fingerprint density at radius 2 is 1.54 bits per heavy atom. The first-order valence-corrected chi connectivity index (χ1v) is 13.8. The van der Waals surface area contributed by atoms with Crippen LogP contribution < -0.4 is 10.0 Å². The predicted octanol–water partition coefficient (Wildman–Crippen LogP) is 5.10. The molecule has 0 aliphatic rings. The number of hydrogen-bond acceptors (Lipinski definition) is 5. The Hall–Kier alpha value is -3.49. The van der Waals surface area contributed by atoms with Crippen molar-refractivity contribution in [2.24, 2.45) is 0 Å². The molecule has 7 nitrogen and oxygen atoms in total. The molecule has 0 bridgehead atoms. The number of nitrogens with one attached hydrogen (secondary N) is 2. The summed E-state index contributed by atoms with van der Waals surface area (Å²) >= 11 is 0. The lowest BCUT2D eigenvalue weighted by molar-refractivity contribution is -0.117. The second-order valence-corrected chi connectivity index (χ2v) is 10.8. The van der Waals surface area contributed by atoms with E-state index in [-0.39, 0.29) is 11.3 Å². The molecule has 2 N–H and O–H groups in total. The van der Waals surface area contributed by atoms with E-state index in [1.165, 1.54) is 0 Å². The zero-order chi connectivity index (χ0) is 27.0. The van der Waals surface area contributed by atoms with E-state index in [0.29, 0.717) is 29.0 Å². The van der Waals surface area contributed by atoms with Gasteiger partial charge in [-0.1, -0.05) is 61.4 Å². The number of anilines is 1. The van der Waals surface area contributed by atoms with Crippen molar-refractivity contribution < 1.29 is 22.7 Å². The molecule has 0 saturated carbocycles. The number of ether oxygens (including phenoxy) is 1. The average Bonchev–Trinajstić information content (AvgIpc) is 2.84. The number of amides is 1. The van der Waals surface area contributed by atoms with Crippen molar-refractivity contribution in [3.8, 4) is 0 Å². The monoisotopic (exact) mass is 522 g/mol. The molecule has 3 aromatic rings. The highest BCUT2D eigenvalue weighted by atomic mass is 32.2. The van der Waals surface area contributed by atoms with Gasteiger partial charge in [-0.05, 0) is 74.6 Å². The first-order valence-electron chi connectivity index (χ1n) is 12.3. The second-order valence-electron chi connectivity index (χ2n) is 9.15. The van der Waals surface area contributed by atoms with Crippen LogP contribution in [0.2, 0.25) is 0 Å². The van der Waals surface area contributed by atoms with E-state index in [4.69, 9.17) is 4.74 Å². The maximum atomic E-state index is 13.4. The largest absolute Gasteiger partial charge is 0.462 e. The predicted molar refractivity (Wildman–Crippen MR) is 145 cm³/mol. The first-order chi connectivity index (χ1) is 17.6. The lowest BCUT2D eigenvalue weighted by atomic mass is 10.1. The van der Waals surface area contributed by atoms with Crippen molar-refractivity contribution in [1.29, 1.82) is 0 Å². The number of carbonyl (C=O) groups is 2. The molecule has 37 heavy (non-hydrogen) atoms. The highest BCUT2D eigenvalue weighted by Crippen LogP contribution is 2.22. The fraction of sp³-hybridized carbons (Fsp3) is 0.310. The zero-order valence-corrected chi connectivity index (χ0v) is 22.5. The Kier molecular flexibility index (Phi) is 9.60. The van der Waals surface area contributed by atoms with Gasteiger partial charge in [0.25, 0.3) is 0 Å². The van der Waals surface area contributed by atoms with Crippen molar-refractivity contribution in [1.82, 2.24) is 4.72 Å². The maximum Gasteiger partial charge on any atom is 0.338 e. The molecule has 8 heteroatoms. The van der Waals surface area contributed by atoms with Crippen LogP contribution in [-0.4, -0.2) is 32.9 Å². The summed E-state index contributed by atoms with van der Waals surface area (Å²) in [5.74, 6) is -0.932. The average molecular weight is 523 g/mol. The van der Waals surface area contributed by atoms with Gasteiger partial charge in [0, 0.05) is 5.69 Å². The zero-order valence-electron chi connectivity index (χ0n) is 21.7. The SMILES string of the molecule is CCCCOC(=O)c1ccc(NC(=O)[C@@H](Cc2ccccc2)NS(=O)(=O)c2c(C)cc(C)cc2C)cc1. The molecular weight excluding hydrogens is 488 g/mol. The van der Waals surface area contributed by atoms with E-state index < -0.39 is 27.9 Å². The van der Waals surface area contributed by atoms with E-state index >= 15 is 0 Å². The number of benzene rings is 3. The fourth-order valence-electron chi connectivity index (χ4n) is 4.19. The number of sulfonamides is 1. The van der Waals surface area contributed by atoms with Crippen molar-refractivity contribution in [2.75, 3.05) is 11.9 Å². The van der Waals surface area contributed by atoms with Crippen molar-refractivity contribution in [2.45, 2.75) is 57.9 Å². The number of unbranched alkanes of at least 4 members (excludes halogenated alkanes) is 1. The Morgan fingerprint density at radius 3 is 2.14 bits per heavy atom. The van der Waals surface area contributed by atoms with Gasteiger partial charge in [0.15, 0.2) is 0 Å². The van der Waals surface area contributed by atoms with Gasteiger partial charge in [-0.15, -0.1) is 0 Å². The number of carbonyl (C=O) groups excluding carboxylic acids is 2. The summed E-state index contributed by atoms with van der Waals surface area (Å²) in [7, 11) is -4.00. The van der Waals surface area contributed by atoms with Crippen LogP contribution in [0.1, 0.15) is 52.4 Å². The van der Waals surface area contributed by atoms with Gasteiger partial charge in [0.1, 0.15) is 6.04 Å². The first kappa shape index (κ1) is 28.1. The molecule has 3 aromatic carbocycles. The quantitative estimate of drug-likeness (QED) is 0.270.